The van der Waals surface area contributed by atoms with E-state index in [2.05, 4.69) is 22.4 Å². The minimum absolute atomic E-state index is 0.136. The van der Waals surface area contributed by atoms with E-state index in [4.69, 9.17) is 0 Å². The highest BCUT2D eigenvalue weighted by atomic mass is 16.2. The Balaban J connectivity index is 1.71. The van der Waals surface area contributed by atoms with E-state index in [-0.39, 0.29) is 17.5 Å². The van der Waals surface area contributed by atoms with Crippen LogP contribution in [0.2, 0.25) is 0 Å². The second kappa shape index (κ2) is 5.33. The monoisotopic (exact) mass is 268 g/mol. The van der Waals surface area contributed by atoms with E-state index in [1.54, 1.807) is 6.07 Å². The summed E-state index contributed by atoms with van der Waals surface area (Å²) in [6.45, 7) is 0. The highest BCUT2D eigenvalue weighted by Crippen LogP contribution is 2.21. The largest absolute Gasteiger partial charge is 0.349 e. The molecule has 0 saturated carbocycles. The first-order chi connectivity index (χ1) is 9.72. The molecule has 1 heterocycles. The molecule has 4 heteroatoms. The maximum Gasteiger partial charge on any atom is 0.251 e. The second-order valence-corrected chi connectivity index (χ2v) is 5.12. The zero-order valence-electron chi connectivity index (χ0n) is 11.1. The smallest absolute Gasteiger partial charge is 0.251 e. The van der Waals surface area contributed by atoms with Crippen LogP contribution in [0.4, 0.5) is 0 Å². The van der Waals surface area contributed by atoms with Crippen LogP contribution in [0.3, 0.4) is 0 Å². The van der Waals surface area contributed by atoms with Crippen LogP contribution < -0.4 is 10.9 Å². The van der Waals surface area contributed by atoms with Crippen molar-refractivity contribution in [3.05, 3.63) is 69.6 Å². The zero-order valence-corrected chi connectivity index (χ0v) is 11.1. The van der Waals surface area contributed by atoms with Crippen LogP contribution in [0.15, 0.2) is 47.4 Å². The van der Waals surface area contributed by atoms with Crippen molar-refractivity contribution in [3.63, 3.8) is 0 Å². The molecule has 1 aliphatic rings. The highest BCUT2D eigenvalue weighted by molar-refractivity contribution is 5.94. The molecule has 4 nitrogen and oxygen atoms in total. The van der Waals surface area contributed by atoms with Crippen LogP contribution in [0, 0.1) is 0 Å². The fraction of sp³-hybridized carbons (Fsp3) is 0.250. The first-order valence-electron chi connectivity index (χ1n) is 6.79. The van der Waals surface area contributed by atoms with E-state index in [1.807, 2.05) is 12.1 Å². The van der Waals surface area contributed by atoms with Crippen molar-refractivity contribution in [2.45, 2.75) is 25.3 Å². The molecule has 0 saturated heterocycles. The minimum Gasteiger partial charge on any atom is -0.349 e. The molecule has 3 rings (SSSR count). The van der Waals surface area contributed by atoms with Crippen molar-refractivity contribution in [2.75, 3.05) is 0 Å². The van der Waals surface area contributed by atoms with Gasteiger partial charge in [-0.05, 0) is 36.5 Å². The maximum absolute atomic E-state index is 12.1. The molecule has 1 amide bonds. The van der Waals surface area contributed by atoms with E-state index >= 15 is 0 Å². The molecule has 2 N–H and O–H groups in total. The molecule has 1 unspecified atom stereocenters. The molecular weight excluding hydrogens is 252 g/mol. The molecule has 0 bridgehead atoms. The summed E-state index contributed by atoms with van der Waals surface area (Å²) in [5.41, 5.74) is 2.82. The Morgan fingerprint density at radius 2 is 2.00 bits per heavy atom. The van der Waals surface area contributed by atoms with Crippen molar-refractivity contribution in [3.8, 4) is 0 Å². The van der Waals surface area contributed by atoms with Gasteiger partial charge in [-0.1, -0.05) is 24.3 Å². The summed E-state index contributed by atoms with van der Waals surface area (Å²) in [6, 6.07) is 11.4. The van der Waals surface area contributed by atoms with E-state index in [0.29, 0.717) is 5.56 Å². The van der Waals surface area contributed by atoms with Gasteiger partial charge in [0.2, 0.25) is 5.56 Å². The third-order valence-corrected chi connectivity index (χ3v) is 3.72. The van der Waals surface area contributed by atoms with Gasteiger partial charge >= 0.3 is 0 Å². The van der Waals surface area contributed by atoms with E-state index in [9.17, 15) is 9.59 Å². The van der Waals surface area contributed by atoms with E-state index < -0.39 is 0 Å². The van der Waals surface area contributed by atoms with Crippen molar-refractivity contribution in [1.29, 1.82) is 0 Å². The summed E-state index contributed by atoms with van der Waals surface area (Å²) in [5, 5.41) is 3.01. The Bertz CT molecular complexity index is 691. The number of fused-ring (bicyclic) bond motifs is 1. The number of amides is 1. The van der Waals surface area contributed by atoms with Gasteiger partial charge in [-0.15, -0.1) is 0 Å². The Labute approximate surface area is 116 Å². The predicted molar refractivity (Wildman–Crippen MR) is 76.8 cm³/mol. The molecule has 1 aromatic heterocycles. The minimum atomic E-state index is -0.258. The molecule has 102 valence electrons. The van der Waals surface area contributed by atoms with Crippen molar-refractivity contribution in [2.24, 2.45) is 0 Å². The Hall–Kier alpha value is -2.36. The molecule has 0 spiro atoms. The van der Waals surface area contributed by atoms with Gasteiger partial charge in [0, 0.05) is 23.9 Å². The van der Waals surface area contributed by atoms with Crippen LogP contribution in [0.5, 0.6) is 0 Å². The topological polar surface area (TPSA) is 62.0 Å². The Morgan fingerprint density at radius 3 is 2.80 bits per heavy atom. The number of hydrogen-bond acceptors (Lipinski definition) is 2. The molecule has 1 aliphatic carbocycles. The summed E-state index contributed by atoms with van der Waals surface area (Å²) in [6.07, 6.45) is 4.26. The average molecular weight is 268 g/mol. The lowest BCUT2D eigenvalue weighted by molar-refractivity contribution is 0.0933. The maximum atomic E-state index is 12.1. The Kier molecular flexibility index (Phi) is 3.37. The number of nitrogens with one attached hydrogen (secondary N) is 2. The van der Waals surface area contributed by atoms with Crippen molar-refractivity contribution in [1.82, 2.24) is 10.3 Å². The molecular formula is C16H16N2O2. The number of H-pyrrole nitrogens is 1. The van der Waals surface area contributed by atoms with E-state index in [1.165, 1.54) is 23.4 Å². The summed E-state index contributed by atoms with van der Waals surface area (Å²) >= 11 is 0. The van der Waals surface area contributed by atoms with Crippen LogP contribution in [-0.4, -0.2) is 16.9 Å². The van der Waals surface area contributed by atoms with Gasteiger partial charge in [0.25, 0.3) is 5.91 Å². The number of aryl methyl sites for hydroxylation is 1. The van der Waals surface area contributed by atoms with Gasteiger partial charge in [0.05, 0.1) is 0 Å². The number of pyridine rings is 1. The molecule has 1 atom stereocenters. The number of aromatic amines is 1. The SMILES string of the molecule is O=C(NC1CCc2ccccc2C1)c1cc[nH]c(=O)c1. The fourth-order valence-corrected chi connectivity index (χ4v) is 2.68. The summed E-state index contributed by atoms with van der Waals surface area (Å²) < 4.78 is 0. The molecule has 20 heavy (non-hydrogen) atoms. The number of aromatic nitrogens is 1. The van der Waals surface area contributed by atoms with Crippen LogP contribution in [0.1, 0.15) is 27.9 Å². The van der Waals surface area contributed by atoms with Crippen LogP contribution in [-0.2, 0) is 12.8 Å². The lowest BCUT2D eigenvalue weighted by atomic mass is 9.88. The number of benzene rings is 1. The number of carbonyl (C=O) groups is 1. The van der Waals surface area contributed by atoms with Gasteiger partial charge in [0.1, 0.15) is 0 Å². The van der Waals surface area contributed by atoms with Gasteiger partial charge in [-0.3, -0.25) is 9.59 Å². The van der Waals surface area contributed by atoms with Crippen molar-refractivity contribution < 1.29 is 4.79 Å². The summed E-state index contributed by atoms with van der Waals surface area (Å²) in [4.78, 5) is 25.8. The fourth-order valence-electron chi connectivity index (χ4n) is 2.68. The lowest BCUT2D eigenvalue weighted by Crippen LogP contribution is -2.39. The normalized spacial score (nSPS) is 17.3. The first-order valence-corrected chi connectivity index (χ1v) is 6.79. The first kappa shape index (κ1) is 12.7. The highest BCUT2D eigenvalue weighted by Gasteiger charge is 2.20. The zero-order chi connectivity index (χ0) is 13.9. The van der Waals surface area contributed by atoms with Gasteiger partial charge in [-0.2, -0.15) is 0 Å². The summed E-state index contributed by atoms with van der Waals surface area (Å²) in [5.74, 6) is -0.180. The second-order valence-electron chi connectivity index (χ2n) is 5.12. The van der Waals surface area contributed by atoms with Crippen LogP contribution >= 0.6 is 0 Å². The molecule has 0 radical (unpaired) electrons. The summed E-state index contributed by atoms with van der Waals surface area (Å²) in [7, 11) is 0. The lowest BCUT2D eigenvalue weighted by Gasteiger charge is -2.25. The quantitative estimate of drug-likeness (QED) is 0.870. The molecule has 2 aromatic rings. The van der Waals surface area contributed by atoms with Gasteiger partial charge in [0.15, 0.2) is 0 Å². The van der Waals surface area contributed by atoms with Gasteiger partial charge < -0.3 is 10.3 Å². The average Bonchev–Trinajstić information content (AvgIpc) is 2.47. The van der Waals surface area contributed by atoms with E-state index in [0.717, 1.165) is 19.3 Å². The standard InChI is InChI=1S/C16H16N2O2/c19-15-10-13(7-8-17-15)16(20)18-14-6-5-11-3-1-2-4-12(11)9-14/h1-4,7-8,10,14H,5-6,9H2,(H,17,19)(H,18,20). The Morgan fingerprint density at radius 1 is 1.20 bits per heavy atom. The molecule has 0 fully saturated rings. The van der Waals surface area contributed by atoms with Crippen LogP contribution in [0.25, 0.3) is 0 Å². The number of hydrogen-bond donors (Lipinski definition) is 2. The predicted octanol–water partition coefficient (Wildman–Crippen LogP) is 1.66. The molecule has 0 aliphatic heterocycles. The van der Waals surface area contributed by atoms with Crippen molar-refractivity contribution >= 4 is 5.91 Å². The third kappa shape index (κ3) is 2.64. The van der Waals surface area contributed by atoms with Gasteiger partial charge in [-0.25, -0.2) is 0 Å². The number of carbonyl (C=O) groups excluding carboxylic acids is 1. The third-order valence-electron chi connectivity index (χ3n) is 3.72. The molecule has 1 aromatic carbocycles. The number of rotatable bonds is 2.